The van der Waals surface area contributed by atoms with Crippen LogP contribution in [0.15, 0.2) is 42.5 Å². The molecule has 1 aromatic rings. The molecule has 0 unspecified atom stereocenters. The molecule has 0 amide bonds. The second-order valence-corrected chi connectivity index (χ2v) is 10.7. The van der Waals surface area contributed by atoms with E-state index in [9.17, 15) is 9.90 Å². The van der Waals surface area contributed by atoms with Crippen molar-refractivity contribution in [2.45, 2.75) is 121 Å². The smallest absolute Gasteiger partial charge is 0.303 e. The topological polar surface area (TPSA) is 37.3 Å². The molecule has 0 aromatic heterocycles. The fraction of sp³-hybridized carbons (Fsp3) is 0.700. The van der Waals surface area contributed by atoms with Gasteiger partial charge in [-0.1, -0.05) is 100 Å². The molecule has 2 saturated carbocycles. The van der Waals surface area contributed by atoms with Crippen LogP contribution in [0.4, 0.5) is 0 Å². The maximum atomic E-state index is 11.6. The third kappa shape index (κ3) is 8.41. The minimum Gasteiger partial charge on any atom is -0.481 e. The summed E-state index contributed by atoms with van der Waals surface area (Å²) in [5, 5.41) is 9.52. The predicted octanol–water partition coefficient (Wildman–Crippen LogP) is 8.85. The number of hydrogen-bond acceptors (Lipinski definition) is 1. The number of hydrogen-bond donors (Lipinski definition) is 1. The molecule has 1 aromatic carbocycles. The third-order valence-electron chi connectivity index (χ3n) is 8.21. The number of carboxylic acids is 1. The molecule has 178 valence electrons. The van der Waals surface area contributed by atoms with Crippen LogP contribution in [-0.2, 0) is 10.2 Å². The minimum absolute atomic E-state index is 0.211. The Kier molecular flexibility index (Phi) is 10.9. The Balaban J connectivity index is 1.37. The van der Waals surface area contributed by atoms with Crippen molar-refractivity contribution in [1.82, 2.24) is 0 Å². The van der Waals surface area contributed by atoms with Crippen LogP contribution < -0.4 is 0 Å². The van der Waals surface area contributed by atoms with E-state index in [-0.39, 0.29) is 5.41 Å². The van der Waals surface area contributed by atoms with Crippen molar-refractivity contribution in [2.24, 2.45) is 11.8 Å². The molecule has 0 radical (unpaired) electrons. The van der Waals surface area contributed by atoms with Gasteiger partial charge in [-0.05, 0) is 74.2 Å². The zero-order chi connectivity index (χ0) is 22.5. The highest BCUT2D eigenvalue weighted by atomic mass is 16.4. The van der Waals surface area contributed by atoms with E-state index in [4.69, 9.17) is 0 Å². The molecule has 0 bridgehead atoms. The lowest BCUT2D eigenvalue weighted by Gasteiger charge is -2.33. The van der Waals surface area contributed by atoms with E-state index in [0.29, 0.717) is 12.3 Å². The standard InChI is InChI=1S/C30H46O2/c31-29(32)24-27(25-30(22-14-15-23-30)28-20-12-7-13-21-28)19-9-5-3-1-2-4-8-16-26-17-10-6-11-18-26/h2,4,7,12-13,20-21,26-27H,1,3,5-6,8-11,14-19,22-25H2,(H,31,32)/b4-2-/t27-/m0/s1. The largest absolute Gasteiger partial charge is 0.481 e. The van der Waals surface area contributed by atoms with Gasteiger partial charge in [-0.3, -0.25) is 4.79 Å². The van der Waals surface area contributed by atoms with Crippen LogP contribution >= 0.6 is 0 Å². The van der Waals surface area contributed by atoms with Gasteiger partial charge in [-0.25, -0.2) is 0 Å². The average molecular weight is 439 g/mol. The first-order chi connectivity index (χ1) is 15.7. The summed E-state index contributed by atoms with van der Waals surface area (Å²) < 4.78 is 0. The highest BCUT2D eigenvalue weighted by Gasteiger charge is 2.37. The monoisotopic (exact) mass is 438 g/mol. The Bertz CT molecular complexity index is 665. The summed E-state index contributed by atoms with van der Waals surface area (Å²) in [4.78, 5) is 11.6. The van der Waals surface area contributed by atoms with Gasteiger partial charge < -0.3 is 5.11 Å². The SMILES string of the molecule is O=C(O)C[C@H](CCCCC/C=C\CCC1CCCCC1)CC1(c2ccccc2)CCCC1. The number of aliphatic carboxylic acids is 1. The van der Waals surface area contributed by atoms with E-state index in [2.05, 4.69) is 42.5 Å². The van der Waals surface area contributed by atoms with Crippen molar-refractivity contribution >= 4 is 5.97 Å². The molecule has 1 N–H and O–H groups in total. The van der Waals surface area contributed by atoms with Gasteiger partial charge >= 0.3 is 5.97 Å². The predicted molar refractivity (Wildman–Crippen MR) is 135 cm³/mol. The van der Waals surface area contributed by atoms with Crippen LogP contribution in [0.3, 0.4) is 0 Å². The number of unbranched alkanes of at least 4 members (excludes halogenated alkanes) is 3. The Morgan fingerprint density at radius 1 is 0.938 bits per heavy atom. The average Bonchev–Trinajstić information content (AvgIpc) is 3.28. The molecule has 2 aliphatic carbocycles. The Morgan fingerprint density at radius 2 is 1.66 bits per heavy atom. The summed E-state index contributed by atoms with van der Waals surface area (Å²) in [6, 6.07) is 10.9. The normalized spacial score (nSPS) is 20.0. The highest BCUT2D eigenvalue weighted by Crippen LogP contribution is 2.46. The van der Waals surface area contributed by atoms with Crippen molar-refractivity contribution in [2.75, 3.05) is 0 Å². The summed E-state index contributed by atoms with van der Waals surface area (Å²) >= 11 is 0. The van der Waals surface area contributed by atoms with Crippen LogP contribution in [0.1, 0.15) is 121 Å². The van der Waals surface area contributed by atoms with E-state index in [1.165, 1.54) is 102 Å². The van der Waals surface area contributed by atoms with Crippen LogP contribution in [0, 0.1) is 11.8 Å². The molecule has 3 rings (SSSR count). The summed E-state index contributed by atoms with van der Waals surface area (Å²) in [6.45, 7) is 0. The van der Waals surface area contributed by atoms with Crippen molar-refractivity contribution in [3.8, 4) is 0 Å². The molecular weight excluding hydrogens is 392 g/mol. The fourth-order valence-electron chi connectivity index (χ4n) is 6.45. The first-order valence-electron chi connectivity index (χ1n) is 13.6. The Labute approximate surface area is 196 Å². The summed E-state index contributed by atoms with van der Waals surface area (Å²) in [6.07, 6.45) is 26.9. The molecule has 0 heterocycles. The fourth-order valence-corrected chi connectivity index (χ4v) is 6.45. The maximum Gasteiger partial charge on any atom is 0.303 e. The van der Waals surface area contributed by atoms with Gasteiger partial charge in [-0.2, -0.15) is 0 Å². The number of rotatable bonds is 14. The summed E-state index contributed by atoms with van der Waals surface area (Å²) in [7, 11) is 0. The van der Waals surface area contributed by atoms with Gasteiger partial charge in [0.2, 0.25) is 0 Å². The second-order valence-electron chi connectivity index (χ2n) is 10.7. The molecule has 0 saturated heterocycles. The van der Waals surface area contributed by atoms with E-state index >= 15 is 0 Å². The zero-order valence-corrected chi connectivity index (χ0v) is 20.3. The molecular formula is C30H46O2. The van der Waals surface area contributed by atoms with Crippen LogP contribution in [-0.4, -0.2) is 11.1 Å². The second kappa shape index (κ2) is 13.9. The number of allylic oxidation sites excluding steroid dienone is 2. The molecule has 2 nitrogen and oxygen atoms in total. The molecule has 0 aliphatic heterocycles. The zero-order valence-electron chi connectivity index (χ0n) is 20.3. The Morgan fingerprint density at radius 3 is 2.38 bits per heavy atom. The third-order valence-corrected chi connectivity index (χ3v) is 8.21. The Hall–Kier alpha value is -1.57. The number of carboxylic acid groups (broad SMARTS) is 1. The van der Waals surface area contributed by atoms with Gasteiger partial charge in [-0.15, -0.1) is 0 Å². The van der Waals surface area contributed by atoms with Gasteiger partial charge in [0.15, 0.2) is 0 Å². The lowest BCUT2D eigenvalue weighted by atomic mass is 9.71. The van der Waals surface area contributed by atoms with Crippen molar-refractivity contribution in [1.29, 1.82) is 0 Å². The number of benzene rings is 1. The van der Waals surface area contributed by atoms with Crippen molar-refractivity contribution in [3.05, 3.63) is 48.0 Å². The number of carbonyl (C=O) groups is 1. The molecule has 1 atom stereocenters. The molecule has 32 heavy (non-hydrogen) atoms. The van der Waals surface area contributed by atoms with Gasteiger partial charge in [0, 0.05) is 6.42 Å². The van der Waals surface area contributed by atoms with Crippen LogP contribution in [0.25, 0.3) is 0 Å². The lowest BCUT2D eigenvalue weighted by molar-refractivity contribution is -0.138. The van der Waals surface area contributed by atoms with Gasteiger partial charge in [0.1, 0.15) is 0 Å². The maximum absolute atomic E-state index is 11.6. The van der Waals surface area contributed by atoms with E-state index < -0.39 is 5.97 Å². The van der Waals surface area contributed by atoms with Crippen molar-refractivity contribution in [3.63, 3.8) is 0 Å². The summed E-state index contributed by atoms with van der Waals surface area (Å²) in [5.74, 6) is 0.660. The molecule has 2 heteroatoms. The van der Waals surface area contributed by atoms with E-state index in [0.717, 1.165) is 18.8 Å². The first-order valence-corrected chi connectivity index (χ1v) is 13.6. The van der Waals surface area contributed by atoms with Crippen LogP contribution in [0.5, 0.6) is 0 Å². The minimum atomic E-state index is -0.628. The molecule has 2 aliphatic rings. The highest BCUT2D eigenvalue weighted by molar-refractivity contribution is 5.67. The van der Waals surface area contributed by atoms with E-state index in [1.807, 2.05) is 0 Å². The van der Waals surface area contributed by atoms with Gasteiger partial charge in [0.05, 0.1) is 0 Å². The molecule has 2 fully saturated rings. The summed E-state index contributed by atoms with van der Waals surface area (Å²) in [5.41, 5.74) is 1.65. The lowest BCUT2D eigenvalue weighted by Crippen LogP contribution is -2.27. The van der Waals surface area contributed by atoms with E-state index in [1.54, 1.807) is 0 Å². The first kappa shape index (κ1) is 25.1. The van der Waals surface area contributed by atoms with Gasteiger partial charge in [0.25, 0.3) is 0 Å². The van der Waals surface area contributed by atoms with Crippen LogP contribution in [0.2, 0.25) is 0 Å². The molecule has 0 spiro atoms. The quantitative estimate of drug-likeness (QED) is 0.233. The van der Waals surface area contributed by atoms with Crippen molar-refractivity contribution < 1.29 is 9.90 Å².